The van der Waals surface area contributed by atoms with Gasteiger partial charge >= 0.3 is 0 Å². The second-order valence-corrected chi connectivity index (χ2v) is 9.61. The van der Waals surface area contributed by atoms with Gasteiger partial charge in [-0.05, 0) is 49.2 Å². The van der Waals surface area contributed by atoms with Gasteiger partial charge in [-0.2, -0.15) is 0 Å². The zero-order valence-corrected chi connectivity index (χ0v) is 20.7. The van der Waals surface area contributed by atoms with Gasteiger partial charge in [0.05, 0.1) is 18.0 Å². The Balaban J connectivity index is 1.47. The molecule has 0 radical (unpaired) electrons. The summed E-state index contributed by atoms with van der Waals surface area (Å²) in [4.78, 5) is 48.1. The van der Waals surface area contributed by atoms with Crippen LogP contribution < -0.4 is 16.2 Å². The van der Waals surface area contributed by atoms with Gasteiger partial charge in [-0.1, -0.05) is 13.0 Å². The summed E-state index contributed by atoms with van der Waals surface area (Å²) in [5.74, 6) is 0.200. The minimum absolute atomic E-state index is 0.137. The average Bonchev–Trinajstić information content (AvgIpc) is 3.48. The predicted molar refractivity (Wildman–Crippen MR) is 139 cm³/mol. The fourth-order valence-corrected chi connectivity index (χ4v) is 5.47. The van der Waals surface area contributed by atoms with E-state index in [9.17, 15) is 14.4 Å². The molecule has 1 unspecified atom stereocenters. The third-order valence-corrected chi connectivity index (χ3v) is 7.21. The summed E-state index contributed by atoms with van der Waals surface area (Å²) in [7, 11) is 0. The Morgan fingerprint density at radius 1 is 1.12 bits per heavy atom. The van der Waals surface area contributed by atoms with Gasteiger partial charge in [-0.3, -0.25) is 19.3 Å². The number of hydrogen-bond donors (Lipinski definition) is 3. The van der Waals surface area contributed by atoms with Crippen LogP contribution >= 0.6 is 22.7 Å². The molecule has 0 saturated carbocycles. The predicted octanol–water partition coefficient (Wildman–Crippen LogP) is 4.69. The molecular formula is C24H25N5O3S2. The van der Waals surface area contributed by atoms with Gasteiger partial charge in [0.2, 0.25) is 11.8 Å². The number of thiophene rings is 2. The second-order valence-electron chi connectivity index (χ2n) is 7.80. The van der Waals surface area contributed by atoms with Crippen LogP contribution in [-0.2, 0) is 9.59 Å². The summed E-state index contributed by atoms with van der Waals surface area (Å²) in [6.07, 6.45) is 0. The molecule has 0 saturated heterocycles. The number of aromatic nitrogens is 2. The molecule has 3 heterocycles. The zero-order valence-electron chi connectivity index (χ0n) is 19.0. The van der Waals surface area contributed by atoms with E-state index in [2.05, 4.69) is 15.6 Å². The number of anilines is 2. The number of fused-ring (bicyclic) bond motifs is 1. The van der Waals surface area contributed by atoms with E-state index >= 15 is 0 Å². The van der Waals surface area contributed by atoms with Gasteiger partial charge in [0, 0.05) is 34.1 Å². The Kier molecular flexibility index (Phi) is 7.20. The van der Waals surface area contributed by atoms with E-state index in [4.69, 9.17) is 4.98 Å². The first-order valence-electron chi connectivity index (χ1n) is 10.8. The maximum Gasteiger partial charge on any atom is 0.260 e. The molecule has 0 bridgehead atoms. The summed E-state index contributed by atoms with van der Waals surface area (Å²) in [6.45, 7) is 6.07. The highest BCUT2D eigenvalue weighted by Gasteiger charge is 2.22. The number of nitrogens with zero attached hydrogens (tertiary/aromatic N) is 2. The van der Waals surface area contributed by atoms with Crippen LogP contribution in [0.1, 0.15) is 32.6 Å². The maximum atomic E-state index is 12.9. The lowest BCUT2D eigenvalue weighted by Gasteiger charge is -2.26. The number of nitrogens with one attached hydrogen (secondary N) is 3. The van der Waals surface area contributed by atoms with Gasteiger partial charge in [0.25, 0.3) is 5.56 Å². The highest BCUT2D eigenvalue weighted by molar-refractivity contribution is 7.18. The summed E-state index contributed by atoms with van der Waals surface area (Å²) in [5.41, 5.74) is 2.03. The number of hydrogen-bond acceptors (Lipinski definition) is 7. The van der Waals surface area contributed by atoms with E-state index in [0.717, 1.165) is 10.4 Å². The fraction of sp³-hybridized carbons (Fsp3) is 0.250. The second kappa shape index (κ2) is 10.3. The lowest BCUT2D eigenvalue weighted by molar-refractivity contribution is -0.118. The van der Waals surface area contributed by atoms with Gasteiger partial charge in [-0.15, -0.1) is 22.7 Å². The van der Waals surface area contributed by atoms with Crippen LogP contribution in [0.25, 0.3) is 20.7 Å². The molecule has 1 atom stereocenters. The van der Waals surface area contributed by atoms with Crippen molar-refractivity contribution < 1.29 is 9.59 Å². The molecule has 4 aromatic rings. The van der Waals surface area contributed by atoms with Gasteiger partial charge in [0.1, 0.15) is 10.7 Å². The zero-order chi connectivity index (χ0) is 24.2. The van der Waals surface area contributed by atoms with E-state index in [-0.39, 0.29) is 30.0 Å². The van der Waals surface area contributed by atoms with Crippen molar-refractivity contribution in [3.63, 3.8) is 0 Å². The molecule has 176 valence electrons. The first-order chi connectivity index (χ1) is 16.4. The van der Waals surface area contributed by atoms with Crippen LogP contribution in [0.5, 0.6) is 0 Å². The topological polar surface area (TPSA) is 107 Å². The van der Waals surface area contributed by atoms with Crippen LogP contribution in [0.2, 0.25) is 0 Å². The minimum atomic E-state index is -0.262. The molecule has 8 nitrogen and oxygen atoms in total. The number of carbonyl (C=O) groups excluding carboxylic acids is 2. The van der Waals surface area contributed by atoms with Crippen molar-refractivity contribution in [1.82, 2.24) is 14.9 Å². The number of H-pyrrole nitrogens is 1. The lowest BCUT2D eigenvalue weighted by atomic mass is 10.2. The van der Waals surface area contributed by atoms with E-state index in [0.29, 0.717) is 34.0 Å². The number of benzene rings is 1. The Bertz CT molecular complexity index is 1360. The van der Waals surface area contributed by atoms with E-state index in [1.807, 2.05) is 41.6 Å². The molecule has 0 aliphatic carbocycles. The molecule has 0 fully saturated rings. The van der Waals surface area contributed by atoms with Crippen LogP contribution in [0.4, 0.5) is 11.4 Å². The van der Waals surface area contributed by atoms with Crippen molar-refractivity contribution in [2.45, 2.75) is 26.8 Å². The van der Waals surface area contributed by atoms with Gasteiger partial charge in [-0.25, -0.2) is 4.98 Å². The van der Waals surface area contributed by atoms with Crippen molar-refractivity contribution in [1.29, 1.82) is 0 Å². The van der Waals surface area contributed by atoms with Crippen molar-refractivity contribution in [3.8, 4) is 10.4 Å². The Labute approximate surface area is 204 Å². The smallest absolute Gasteiger partial charge is 0.260 e. The van der Waals surface area contributed by atoms with Crippen molar-refractivity contribution in [2.24, 2.45) is 0 Å². The highest BCUT2D eigenvalue weighted by atomic mass is 32.1. The quantitative estimate of drug-likeness (QED) is 0.329. The molecule has 0 spiro atoms. The molecule has 3 N–H and O–H groups in total. The first-order valence-corrected chi connectivity index (χ1v) is 12.6. The fourth-order valence-electron chi connectivity index (χ4n) is 3.70. The molecule has 0 aliphatic rings. The SMILES string of the molecule is CCN(CC(=O)Nc1ccc(NC(C)=O)cc1)C(C)c1nc2scc(-c3cccs3)c2c(=O)[nH]1. The molecule has 34 heavy (non-hydrogen) atoms. The maximum absolute atomic E-state index is 12.9. The summed E-state index contributed by atoms with van der Waals surface area (Å²) in [5, 5.41) is 10.1. The summed E-state index contributed by atoms with van der Waals surface area (Å²) >= 11 is 3.04. The first kappa shape index (κ1) is 23.8. The largest absolute Gasteiger partial charge is 0.326 e. The Morgan fingerprint density at radius 3 is 2.44 bits per heavy atom. The van der Waals surface area contributed by atoms with Crippen LogP contribution in [0.15, 0.2) is 52.0 Å². The van der Waals surface area contributed by atoms with Crippen molar-refractivity contribution in [3.05, 3.63) is 63.3 Å². The monoisotopic (exact) mass is 495 g/mol. The molecule has 0 aliphatic heterocycles. The summed E-state index contributed by atoms with van der Waals surface area (Å²) < 4.78 is 0. The molecule has 1 aromatic carbocycles. The average molecular weight is 496 g/mol. The number of aromatic amines is 1. The lowest BCUT2D eigenvalue weighted by Crippen LogP contribution is -2.36. The number of rotatable bonds is 8. The van der Waals surface area contributed by atoms with E-state index in [1.54, 1.807) is 35.6 Å². The molecule has 3 aromatic heterocycles. The molecule has 4 rings (SSSR count). The number of likely N-dealkylation sites (N-methyl/N-ethyl adjacent to an activating group) is 1. The number of carbonyl (C=O) groups is 2. The van der Waals surface area contributed by atoms with Crippen molar-refractivity contribution in [2.75, 3.05) is 23.7 Å². The Hall–Kier alpha value is -3.34. The molecule has 2 amide bonds. The minimum Gasteiger partial charge on any atom is -0.326 e. The molecular weight excluding hydrogens is 470 g/mol. The van der Waals surface area contributed by atoms with Crippen molar-refractivity contribution >= 4 is 56.1 Å². The van der Waals surface area contributed by atoms with Gasteiger partial charge < -0.3 is 15.6 Å². The van der Waals surface area contributed by atoms with E-state index in [1.165, 1.54) is 18.3 Å². The normalized spacial score (nSPS) is 12.1. The standard InChI is InChI=1S/C24H25N5O3S2/c1-4-29(12-20(31)26-17-9-7-16(8-10-17)25-15(3)30)14(2)22-27-23(32)21-18(13-34-24(21)28-22)19-6-5-11-33-19/h5-11,13-14H,4,12H2,1-3H3,(H,25,30)(H,26,31)(H,27,28,32). The van der Waals surface area contributed by atoms with Gasteiger partial charge in [0.15, 0.2) is 0 Å². The number of amides is 2. The molecule has 10 heteroatoms. The Morgan fingerprint density at radius 2 is 1.82 bits per heavy atom. The highest BCUT2D eigenvalue weighted by Crippen LogP contribution is 2.34. The van der Waals surface area contributed by atoms with Crippen LogP contribution in [-0.4, -0.2) is 39.8 Å². The third-order valence-electron chi connectivity index (χ3n) is 5.43. The van der Waals surface area contributed by atoms with Crippen LogP contribution in [0.3, 0.4) is 0 Å². The van der Waals surface area contributed by atoms with E-state index < -0.39 is 0 Å². The van der Waals surface area contributed by atoms with Crippen LogP contribution in [0, 0.1) is 0 Å². The summed E-state index contributed by atoms with van der Waals surface area (Å²) in [6, 6.07) is 10.6. The third kappa shape index (κ3) is 5.24.